The highest BCUT2D eigenvalue weighted by Crippen LogP contribution is 2.40. The van der Waals surface area contributed by atoms with E-state index in [1.165, 1.54) is 0 Å². The van der Waals surface area contributed by atoms with Gasteiger partial charge < -0.3 is 29.6 Å². The standard InChI is InChI=1S/C40H44N4O5/c1-40(2)37(25-45)44(42-38(40)30-15-17-35(47-3)36(22-30)49-27-29-12-8-5-9-13-29)32-18-20-43(21-19-32)39(46)34-23-33(16-14-31(34)24-41)48-26-28-10-6-4-7-11-28/h4-17,22-23,25,32,37H,18-21,24,26-27,41H2,1-3H3. The molecule has 0 aromatic heterocycles. The highest BCUT2D eigenvalue weighted by Gasteiger charge is 2.47. The molecule has 4 aromatic carbocycles. The molecule has 2 aliphatic rings. The molecule has 2 N–H and O–H groups in total. The van der Waals surface area contributed by atoms with Crippen LogP contribution in [-0.2, 0) is 24.6 Å². The van der Waals surface area contributed by atoms with Gasteiger partial charge in [-0.15, -0.1) is 0 Å². The molecular formula is C40H44N4O5. The van der Waals surface area contributed by atoms with E-state index in [4.69, 9.17) is 25.0 Å². The summed E-state index contributed by atoms with van der Waals surface area (Å²) in [5, 5.41) is 7.06. The first kappa shape index (κ1) is 33.7. The molecule has 49 heavy (non-hydrogen) atoms. The summed E-state index contributed by atoms with van der Waals surface area (Å²) in [6, 6.07) is 30.8. The van der Waals surface area contributed by atoms with Gasteiger partial charge in [-0.3, -0.25) is 9.80 Å². The lowest BCUT2D eigenvalue weighted by Gasteiger charge is -2.39. The molecule has 2 heterocycles. The third-order valence-electron chi connectivity index (χ3n) is 9.56. The van der Waals surface area contributed by atoms with Crippen LogP contribution in [0.25, 0.3) is 0 Å². The first-order valence-electron chi connectivity index (χ1n) is 16.8. The number of piperidine rings is 1. The van der Waals surface area contributed by atoms with Gasteiger partial charge in [0.2, 0.25) is 0 Å². The third-order valence-corrected chi connectivity index (χ3v) is 9.56. The van der Waals surface area contributed by atoms with Gasteiger partial charge in [-0.2, -0.15) is 5.10 Å². The Morgan fingerprint density at radius 1 is 0.878 bits per heavy atom. The molecule has 254 valence electrons. The summed E-state index contributed by atoms with van der Waals surface area (Å²) in [6.45, 7) is 6.24. The largest absolute Gasteiger partial charge is 0.493 e. The van der Waals surface area contributed by atoms with Crippen LogP contribution in [0, 0.1) is 5.41 Å². The molecule has 9 heteroatoms. The van der Waals surface area contributed by atoms with Crippen LogP contribution in [0.15, 0.2) is 102 Å². The molecule has 1 saturated heterocycles. The zero-order chi connectivity index (χ0) is 34.4. The van der Waals surface area contributed by atoms with Crippen molar-refractivity contribution in [3.05, 3.63) is 125 Å². The van der Waals surface area contributed by atoms with Gasteiger partial charge >= 0.3 is 0 Å². The minimum Gasteiger partial charge on any atom is -0.493 e. The Morgan fingerprint density at radius 2 is 1.53 bits per heavy atom. The van der Waals surface area contributed by atoms with Crippen molar-refractivity contribution in [2.45, 2.75) is 58.5 Å². The fourth-order valence-electron chi connectivity index (χ4n) is 6.69. The molecule has 1 atom stereocenters. The van der Waals surface area contributed by atoms with Crippen molar-refractivity contribution >= 4 is 17.9 Å². The lowest BCUT2D eigenvalue weighted by Crippen LogP contribution is -2.50. The molecule has 1 unspecified atom stereocenters. The van der Waals surface area contributed by atoms with E-state index in [-0.39, 0.29) is 18.5 Å². The second kappa shape index (κ2) is 15.0. The SMILES string of the molecule is COc1ccc(C2=NN(C3CCN(C(=O)c4cc(OCc5ccccc5)ccc4CN)CC3)C(C=O)C2(C)C)cc1OCc1ccccc1. The summed E-state index contributed by atoms with van der Waals surface area (Å²) in [5.41, 5.74) is 10.6. The van der Waals surface area contributed by atoms with Gasteiger partial charge in [0, 0.05) is 36.2 Å². The zero-order valence-corrected chi connectivity index (χ0v) is 28.4. The van der Waals surface area contributed by atoms with Crippen LogP contribution in [0.2, 0.25) is 0 Å². The van der Waals surface area contributed by atoms with Gasteiger partial charge in [-0.05, 0) is 59.9 Å². The molecule has 2 aliphatic heterocycles. The van der Waals surface area contributed by atoms with E-state index in [9.17, 15) is 9.59 Å². The number of methoxy groups -OCH3 is 1. The Labute approximate surface area is 288 Å². The van der Waals surface area contributed by atoms with Crippen molar-refractivity contribution in [1.82, 2.24) is 9.91 Å². The molecule has 9 nitrogen and oxygen atoms in total. The Morgan fingerprint density at radius 3 is 2.14 bits per heavy atom. The Balaban J connectivity index is 1.16. The number of nitrogens with zero attached hydrogens (tertiary/aromatic N) is 3. The molecule has 4 aromatic rings. The summed E-state index contributed by atoms with van der Waals surface area (Å²) in [4.78, 5) is 28.3. The zero-order valence-electron chi connectivity index (χ0n) is 28.4. The highest BCUT2D eigenvalue weighted by atomic mass is 16.5. The molecule has 1 amide bonds. The molecule has 0 bridgehead atoms. The first-order valence-corrected chi connectivity index (χ1v) is 16.8. The van der Waals surface area contributed by atoms with E-state index in [1.807, 2.05) is 101 Å². The van der Waals surface area contributed by atoms with E-state index in [0.29, 0.717) is 62.0 Å². The first-order chi connectivity index (χ1) is 23.8. The average Bonchev–Trinajstić information content (AvgIpc) is 3.42. The predicted octanol–water partition coefficient (Wildman–Crippen LogP) is 6.23. The molecule has 0 saturated carbocycles. The van der Waals surface area contributed by atoms with Crippen molar-refractivity contribution in [2.24, 2.45) is 16.3 Å². The number of ether oxygens (including phenoxy) is 3. The molecule has 0 radical (unpaired) electrons. The minimum absolute atomic E-state index is 0.00223. The summed E-state index contributed by atoms with van der Waals surface area (Å²) >= 11 is 0. The maximum atomic E-state index is 13.8. The van der Waals surface area contributed by atoms with Crippen molar-refractivity contribution in [3.63, 3.8) is 0 Å². The Kier molecular flexibility index (Phi) is 10.3. The minimum atomic E-state index is -0.559. The van der Waals surface area contributed by atoms with Crippen LogP contribution >= 0.6 is 0 Å². The van der Waals surface area contributed by atoms with Gasteiger partial charge in [0.1, 0.15) is 31.3 Å². The number of hydrazone groups is 1. The lowest BCUT2D eigenvalue weighted by atomic mass is 9.78. The number of benzene rings is 4. The summed E-state index contributed by atoms with van der Waals surface area (Å²) in [6.07, 6.45) is 2.36. The molecular weight excluding hydrogens is 616 g/mol. The van der Waals surface area contributed by atoms with Crippen LogP contribution in [-0.4, -0.2) is 60.1 Å². The van der Waals surface area contributed by atoms with Crippen molar-refractivity contribution in [1.29, 1.82) is 0 Å². The average molecular weight is 661 g/mol. The Hall–Kier alpha value is -5.15. The number of nitrogens with two attached hydrogens (primary N) is 1. The van der Waals surface area contributed by atoms with E-state index in [2.05, 4.69) is 13.8 Å². The smallest absolute Gasteiger partial charge is 0.254 e. The van der Waals surface area contributed by atoms with Gasteiger partial charge in [-0.1, -0.05) is 80.6 Å². The van der Waals surface area contributed by atoms with Crippen LogP contribution < -0.4 is 19.9 Å². The molecule has 1 fully saturated rings. The number of hydrogen-bond donors (Lipinski definition) is 1. The summed E-state index contributed by atoms with van der Waals surface area (Å²) in [5.74, 6) is 1.80. The number of hydrogen-bond acceptors (Lipinski definition) is 8. The van der Waals surface area contributed by atoms with Gasteiger partial charge in [0.05, 0.1) is 18.9 Å². The lowest BCUT2D eigenvalue weighted by molar-refractivity contribution is -0.115. The third kappa shape index (κ3) is 7.32. The fraction of sp³-hybridized carbons (Fsp3) is 0.325. The summed E-state index contributed by atoms with van der Waals surface area (Å²) < 4.78 is 17.8. The molecule has 0 aliphatic carbocycles. The van der Waals surface area contributed by atoms with Crippen molar-refractivity contribution < 1.29 is 23.8 Å². The maximum absolute atomic E-state index is 13.8. The van der Waals surface area contributed by atoms with Crippen molar-refractivity contribution in [2.75, 3.05) is 20.2 Å². The fourth-order valence-corrected chi connectivity index (χ4v) is 6.69. The van der Waals surface area contributed by atoms with Gasteiger partial charge in [-0.25, -0.2) is 0 Å². The van der Waals surface area contributed by atoms with Gasteiger partial charge in [0.15, 0.2) is 11.5 Å². The topological polar surface area (TPSA) is 107 Å². The number of carbonyl (C=O) groups excluding carboxylic acids is 2. The monoisotopic (exact) mass is 660 g/mol. The van der Waals surface area contributed by atoms with Gasteiger partial charge in [0.25, 0.3) is 5.91 Å². The second-order valence-corrected chi connectivity index (χ2v) is 13.1. The maximum Gasteiger partial charge on any atom is 0.254 e. The highest BCUT2D eigenvalue weighted by molar-refractivity contribution is 6.07. The van der Waals surface area contributed by atoms with E-state index >= 15 is 0 Å². The predicted molar refractivity (Wildman–Crippen MR) is 190 cm³/mol. The normalized spacial score (nSPS) is 17.4. The van der Waals surface area contributed by atoms with Crippen LogP contribution in [0.1, 0.15) is 59.3 Å². The molecule has 0 spiro atoms. The van der Waals surface area contributed by atoms with Crippen LogP contribution in [0.5, 0.6) is 17.2 Å². The van der Waals surface area contributed by atoms with Crippen molar-refractivity contribution in [3.8, 4) is 17.2 Å². The molecule has 6 rings (SSSR count). The quantitative estimate of drug-likeness (QED) is 0.180. The number of likely N-dealkylation sites (tertiary alicyclic amines) is 1. The number of aldehydes is 1. The van der Waals surface area contributed by atoms with E-state index in [1.54, 1.807) is 13.2 Å². The van der Waals surface area contributed by atoms with Crippen LogP contribution in [0.3, 0.4) is 0 Å². The van der Waals surface area contributed by atoms with E-state index in [0.717, 1.165) is 34.3 Å². The number of rotatable bonds is 12. The van der Waals surface area contributed by atoms with E-state index < -0.39 is 11.5 Å². The Bertz CT molecular complexity index is 1790. The van der Waals surface area contributed by atoms with Crippen LogP contribution in [0.4, 0.5) is 0 Å². The second-order valence-electron chi connectivity index (χ2n) is 13.1. The number of amides is 1. The number of carbonyl (C=O) groups is 2. The summed E-state index contributed by atoms with van der Waals surface area (Å²) in [7, 11) is 1.62.